The van der Waals surface area contributed by atoms with Crippen LogP contribution in [-0.4, -0.2) is 0 Å². The lowest BCUT2D eigenvalue weighted by Gasteiger charge is -1.90. The van der Waals surface area contributed by atoms with E-state index in [1.807, 2.05) is 0 Å². The summed E-state index contributed by atoms with van der Waals surface area (Å²) in [5.41, 5.74) is 0. The van der Waals surface area contributed by atoms with Crippen LogP contribution in [0.15, 0.2) is 0 Å². The summed E-state index contributed by atoms with van der Waals surface area (Å²) in [4.78, 5) is 0. The smallest absolute Gasteiger partial charge is 0.105 e. The average molecular weight is 128 g/mol. The number of hydrogen-bond donors (Lipinski definition) is 0. The summed E-state index contributed by atoms with van der Waals surface area (Å²) in [6.07, 6.45) is 6.81. The van der Waals surface area contributed by atoms with Crippen molar-refractivity contribution in [2.24, 2.45) is 0 Å². The fraction of sp³-hybridized carbons (Fsp3) is 0.750. The van der Waals surface area contributed by atoms with E-state index in [0.717, 1.165) is 12.8 Å². The van der Waals surface area contributed by atoms with Crippen molar-refractivity contribution >= 4 is 0 Å². The monoisotopic (exact) mass is 128 g/mol. The van der Waals surface area contributed by atoms with Crippen LogP contribution in [0.2, 0.25) is 0 Å². The Morgan fingerprint density at radius 3 is 2.56 bits per heavy atom. The standard InChI is InChI=1S/C8H13F/c1-2-3-4-5-6-7-8-9/h2-6H2,1H3. The molecule has 0 spiro atoms. The molecule has 0 heterocycles. The molecule has 0 saturated heterocycles. The maximum Gasteiger partial charge on any atom is 0.105 e. The van der Waals surface area contributed by atoms with Crippen molar-refractivity contribution in [2.45, 2.75) is 39.0 Å². The Kier molecular flexibility index (Phi) is 7.07. The van der Waals surface area contributed by atoms with Gasteiger partial charge in [-0.2, -0.15) is 0 Å². The molecular weight excluding hydrogens is 115 g/mol. The van der Waals surface area contributed by atoms with E-state index in [4.69, 9.17) is 0 Å². The third-order valence-corrected chi connectivity index (χ3v) is 1.22. The number of halogens is 1. The van der Waals surface area contributed by atoms with E-state index < -0.39 is 0 Å². The Morgan fingerprint density at radius 1 is 1.22 bits per heavy atom. The molecule has 9 heavy (non-hydrogen) atoms. The largest absolute Gasteiger partial charge is 0.144 e. The Bertz CT molecular complexity index is 96.9. The van der Waals surface area contributed by atoms with Crippen molar-refractivity contribution in [3.05, 3.63) is 0 Å². The van der Waals surface area contributed by atoms with Crippen molar-refractivity contribution in [1.29, 1.82) is 0 Å². The summed E-state index contributed by atoms with van der Waals surface area (Å²) in [5, 5.41) is 0. The normalized spacial score (nSPS) is 8.22. The molecule has 0 radical (unpaired) electrons. The molecule has 0 atom stereocenters. The molecule has 0 saturated carbocycles. The molecule has 0 aromatic heterocycles. The lowest BCUT2D eigenvalue weighted by Crippen LogP contribution is -1.72. The van der Waals surface area contributed by atoms with Gasteiger partial charge in [-0.3, -0.25) is 0 Å². The Hall–Kier alpha value is -0.510. The van der Waals surface area contributed by atoms with Crippen LogP contribution >= 0.6 is 0 Å². The van der Waals surface area contributed by atoms with Crippen molar-refractivity contribution in [3.63, 3.8) is 0 Å². The molecule has 0 aromatic carbocycles. The van der Waals surface area contributed by atoms with E-state index >= 15 is 0 Å². The predicted octanol–water partition coefficient (Wildman–Crippen LogP) is 2.89. The molecule has 0 bridgehead atoms. The van der Waals surface area contributed by atoms with Crippen LogP contribution < -0.4 is 0 Å². The second kappa shape index (κ2) is 7.49. The Morgan fingerprint density at radius 2 is 2.00 bits per heavy atom. The summed E-state index contributed by atoms with van der Waals surface area (Å²) in [7, 11) is 0. The molecule has 52 valence electrons. The first kappa shape index (κ1) is 8.49. The topological polar surface area (TPSA) is 0 Å². The van der Waals surface area contributed by atoms with Gasteiger partial charge in [0.15, 0.2) is 0 Å². The van der Waals surface area contributed by atoms with Crippen molar-refractivity contribution < 1.29 is 4.39 Å². The van der Waals surface area contributed by atoms with E-state index in [1.165, 1.54) is 25.4 Å². The zero-order valence-corrected chi connectivity index (χ0v) is 5.91. The first-order chi connectivity index (χ1) is 4.41. The highest BCUT2D eigenvalue weighted by molar-refractivity contribution is 4.89. The molecule has 0 fully saturated rings. The highest BCUT2D eigenvalue weighted by Gasteiger charge is 1.82. The molecule has 0 aromatic rings. The highest BCUT2D eigenvalue weighted by Crippen LogP contribution is 2.00. The highest BCUT2D eigenvalue weighted by atomic mass is 19.1. The lowest BCUT2D eigenvalue weighted by molar-refractivity contribution is 0.677. The summed E-state index contributed by atoms with van der Waals surface area (Å²) in [6.45, 7) is 2.15. The number of rotatable bonds is 4. The molecule has 1 heteroatoms. The molecule has 0 rings (SSSR count). The molecule has 0 nitrogen and oxygen atoms in total. The minimum absolute atomic E-state index is 0.719. The Labute approximate surface area is 56.5 Å². The average Bonchev–Trinajstić information content (AvgIpc) is 1.89. The summed E-state index contributed by atoms with van der Waals surface area (Å²) in [6, 6.07) is 0. The number of unbranched alkanes of at least 4 members (excludes halogenated alkanes) is 4. The van der Waals surface area contributed by atoms with Gasteiger partial charge in [0.05, 0.1) is 0 Å². The molecule has 0 amide bonds. The van der Waals surface area contributed by atoms with Gasteiger partial charge in [-0.25, -0.2) is 0 Å². The van der Waals surface area contributed by atoms with Crippen LogP contribution in [0.3, 0.4) is 0 Å². The quantitative estimate of drug-likeness (QED) is 0.403. The van der Waals surface area contributed by atoms with Gasteiger partial charge in [-0.05, 0) is 6.42 Å². The van der Waals surface area contributed by atoms with Gasteiger partial charge in [-0.15, -0.1) is 4.39 Å². The maximum absolute atomic E-state index is 11.1. The van der Waals surface area contributed by atoms with Crippen LogP contribution in [-0.2, 0) is 0 Å². The molecule has 0 N–H and O–H groups in total. The fourth-order valence-electron chi connectivity index (χ4n) is 0.687. The zero-order chi connectivity index (χ0) is 6.95. The minimum atomic E-state index is 0.719. The van der Waals surface area contributed by atoms with Gasteiger partial charge < -0.3 is 0 Å². The van der Waals surface area contributed by atoms with Crippen LogP contribution in [0.4, 0.5) is 4.39 Å². The molecule has 0 aliphatic heterocycles. The third kappa shape index (κ3) is 7.49. The van der Waals surface area contributed by atoms with Crippen LogP contribution in [0, 0.1) is 12.1 Å². The van der Waals surface area contributed by atoms with Crippen LogP contribution in [0.25, 0.3) is 0 Å². The summed E-state index contributed by atoms with van der Waals surface area (Å²) >= 11 is 0. The van der Waals surface area contributed by atoms with Gasteiger partial charge in [0.1, 0.15) is 6.17 Å². The van der Waals surface area contributed by atoms with Gasteiger partial charge in [0.2, 0.25) is 0 Å². The Balaban J connectivity index is 2.80. The molecule has 0 aliphatic rings. The van der Waals surface area contributed by atoms with Crippen molar-refractivity contribution in [2.75, 3.05) is 0 Å². The first-order valence-corrected chi connectivity index (χ1v) is 3.50. The third-order valence-electron chi connectivity index (χ3n) is 1.22. The minimum Gasteiger partial charge on any atom is -0.144 e. The van der Waals surface area contributed by atoms with Crippen molar-refractivity contribution in [1.82, 2.24) is 0 Å². The van der Waals surface area contributed by atoms with Crippen LogP contribution in [0.5, 0.6) is 0 Å². The molecular formula is C8H13F. The maximum atomic E-state index is 11.1. The SMILES string of the molecule is CCCCCCC#CF. The van der Waals surface area contributed by atoms with Gasteiger partial charge in [-0.1, -0.05) is 32.1 Å². The second-order valence-corrected chi connectivity index (χ2v) is 2.08. The van der Waals surface area contributed by atoms with Crippen LogP contribution in [0.1, 0.15) is 39.0 Å². The van der Waals surface area contributed by atoms with Gasteiger partial charge >= 0.3 is 0 Å². The van der Waals surface area contributed by atoms with Gasteiger partial charge in [0, 0.05) is 6.42 Å². The van der Waals surface area contributed by atoms with E-state index in [-0.39, 0.29) is 0 Å². The first-order valence-electron chi connectivity index (χ1n) is 3.50. The molecule has 0 aliphatic carbocycles. The lowest BCUT2D eigenvalue weighted by atomic mass is 10.2. The molecule has 0 unspecified atom stereocenters. The predicted molar refractivity (Wildman–Crippen MR) is 37.6 cm³/mol. The van der Waals surface area contributed by atoms with E-state index in [9.17, 15) is 4.39 Å². The summed E-state index contributed by atoms with van der Waals surface area (Å²) < 4.78 is 11.1. The van der Waals surface area contributed by atoms with E-state index in [2.05, 4.69) is 12.8 Å². The van der Waals surface area contributed by atoms with E-state index in [1.54, 1.807) is 0 Å². The summed E-state index contributed by atoms with van der Waals surface area (Å²) in [5.74, 6) is 2.39. The van der Waals surface area contributed by atoms with E-state index in [0.29, 0.717) is 0 Å². The van der Waals surface area contributed by atoms with Crippen molar-refractivity contribution in [3.8, 4) is 12.1 Å². The second-order valence-electron chi connectivity index (χ2n) is 2.08. The number of hydrogen-bond acceptors (Lipinski definition) is 0. The zero-order valence-electron chi connectivity index (χ0n) is 5.91. The fourth-order valence-corrected chi connectivity index (χ4v) is 0.687. The van der Waals surface area contributed by atoms with Gasteiger partial charge in [0.25, 0.3) is 0 Å².